The predicted octanol–water partition coefficient (Wildman–Crippen LogP) is 1.38. The third kappa shape index (κ3) is 4.97. The van der Waals surface area contributed by atoms with E-state index >= 15 is 0 Å². The summed E-state index contributed by atoms with van der Waals surface area (Å²) in [6.07, 6.45) is 0. The normalized spacial score (nSPS) is 18.0. The van der Waals surface area contributed by atoms with Gasteiger partial charge in [-0.25, -0.2) is 9.11 Å². The number of hydrogen-bond donors (Lipinski definition) is 1. The van der Waals surface area contributed by atoms with Gasteiger partial charge in [-0.2, -0.15) is 12.7 Å². The van der Waals surface area contributed by atoms with Crippen LogP contribution in [-0.4, -0.2) is 63.6 Å². The second-order valence-corrected chi connectivity index (χ2v) is 7.41. The molecule has 1 aromatic carbocycles. The Morgan fingerprint density at radius 1 is 1.29 bits per heavy atom. The lowest BCUT2D eigenvalue weighted by Gasteiger charge is -2.35. The van der Waals surface area contributed by atoms with Gasteiger partial charge in [0.25, 0.3) is 10.2 Å². The van der Waals surface area contributed by atoms with E-state index < -0.39 is 10.2 Å². The van der Waals surface area contributed by atoms with Gasteiger partial charge in [-0.3, -0.25) is 4.90 Å². The maximum absolute atomic E-state index is 13.6. The molecule has 1 N–H and O–H groups in total. The van der Waals surface area contributed by atoms with Crippen LogP contribution in [0.25, 0.3) is 0 Å². The Bertz CT molecular complexity index is 617. The number of benzene rings is 1. The molecular formula is C16H26FN3O3S. The molecule has 0 amide bonds. The molecule has 6 nitrogen and oxygen atoms in total. The second-order valence-electron chi connectivity index (χ2n) is 5.66. The molecule has 1 aliphatic rings. The van der Waals surface area contributed by atoms with Crippen molar-refractivity contribution >= 4 is 10.2 Å². The Balaban J connectivity index is 2.17. The van der Waals surface area contributed by atoms with Gasteiger partial charge in [-0.15, -0.1) is 0 Å². The third-order valence-electron chi connectivity index (χ3n) is 4.22. The van der Waals surface area contributed by atoms with Crippen LogP contribution in [0.4, 0.5) is 4.39 Å². The van der Waals surface area contributed by atoms with Crippen molar-refractivity contribution in [3.8, 4) is 0 Å². The quantitative estimate of drug-likeness (QED) is 0.762. The maximum Gasteiger partial charge on any atom is 0.279 e. The van der Waals surface area contributed by atoms with Gasteiger partial charge < -0.3 is 4.74 Å². The highest BCUT2D eigenvalue weighted by molar-refractivity contribution is 7.87. The van der Waals surface area contributed by atoms with Crippen molar-refractivity contribution in [2.24, 2.45) is 0 Å². The highest BCUT2D eigenvalue weighted by Crippen LogP contribution is 2.22. The van der Waals surface area contributed by atoms with Crippen molar-refractivity contribution in [1.82, 2.24) is 13.9 Å². The van der Waals surface area contributed by atoms with Crippen LogP contribution in [0.2, 0.25) is 0 Å². The van der Waals surface area contributed by atoms with E-state index in [4.69, 9.17) is 4.74 Å². The zero-order valence-electron chi connectivity index (χ0n) is 14.2. The number of halogens is 1. The van der Waals surface area contributed by atoms with Gasteiger partial charge in [0, 0.05) is 38.8 Å². The average Bonchev–Trinajstić information content (AvgIpc) is 2.57. The topological polar surface area (TPSA) is 61.9 Å². The van der Waals surface area contributed by atoms with Crippen molar-refractivity contribution in [1.29, 1.82) is 0 Å². The number of ether oxygens (including phenoxy) is 1. The third-order valence-corrected chi connectivity index (χ3v) is 5.95. The van der Waals surface area contributed by atoms with Gasteiger partial charge in [-0.1, -0.05) is 26.0 Å². The Labute approximate surface area is 143 Å². The van der Waals surface area contributed by atoms with Crippen LogP contribution in [0.1, 0.15) is 25.5 Å². The van der Waals surface area contributed by atoms with E-state index in [9.17, 15) is 12.8 Å². The maximum atomic E-state index is 13.6. The van der Waals surface area contributed by atoms with Crippen molar-refractivity contribution in [3.05, 3.63) is 35.6 Å². The Hall–Kier alpha value is -1.06. The molecule has 0 aromatic heterocycles. The number of nitrogens with one attached hydrogen (secondary N) is 1. The molecule has 1 atom stereocenters. The summed E-state index contributed by atoms with van der Waals surface area (Å²) in [4.78, 5) is 2.13. The van der Waals surface area contributed by atoms with E-state index in [0.717, 1.165) is 5.56 Å². The first kappa shape index (κ1) is 19.3. The minimum atomic E-state index is -3.54. The van der Waals surface area contributed by atoms with Crippen molar-refractivity contribution in [3.63, 3.8) is 0 Å². The lowest BCUT2D eigenvalue weighted by molar-refractivity contribution is 0.0171. The minimum Gasteiger partial charge on any atom is -0.379 e. The SMILES string of the molecule is CCN(CC)S(=O)(=O)NCC(c1cccc(F)c1)N1CCOCC1. The highest BCUT2D eigenvalue weighted by Gasteiger charge is 2.26. The van der Waals surface area contributed by atoms with Gasteiger partial charge in [0.15, 0.2) is 0 Å². The Morgan fingerprint density at radius 2 is 1.96 bits per heavy atom. The molecule has 1 aliphatic heterocycles. The molecule has 1 fully saturated rings. The standard InChI is InChI=1S/C16H26FN3O3S/c1-3-20(4-2)24(21,22)18-13-16(19-8-10-23-11-9-19)14-6-5-7-15(17)12-14/h5-7,12,16,18H,3-4,8-11,13H2,1-2H3. The predicted molar refractivity (Wildman–Crippen MR) is 91.4 cm³/mol. The summed E-state index contributed by atoms with van der Waals surface area (Å²) >= 11 is 0. The van der Waals surface area contributed by atoms with Crippen LogP contribution in [0.5, 0.6) is 0 Å². The first-order chi connectivity index (χ1) is 11.5. The summed E-state index contributed by atoms with van der Waals surface area (Å²) in [5.41, 5.74) is 0.763. The molecule has 0 aliphatic carbocycles. The van der Waals surface area contributed by atoms with Gasteiger partial charge in [0.05, 0.1) is 13.2 Å². The Kier molecular flexibility index (Phi) is 7.12. The minimum absolute atomic E-state index is 0.197. The number of rotatable bonds is 8. The fraction of sp³-hybridized carbons (Fsp3) is 0.625. The molecule has 0 bridgehead atoms. The van der Waals surface area contributed by atoms with E-state index in [1.54, 1.807) is 19.9 Å². The van der Waals surface area contributed by atoms with Crippen LogP contribution in [0.3, 0.4) is 0 Å². The first-order valence-corrected chi connectivity index (χ1v) is 9.74. The molecule has 1 aromatic rings. The van der Waals surface area contributed by atoms with E-state index in [2.05, 4.69) is 9.62 Å². The van der Waals surface area contributed by atoms with Gasteiger partial charge in [0.1, 0.15) is 5.82 Å². The first-order valence-electron chi connectivity index (χ1n) is 8.30. The summed E-state index contributed by atoms with van der Waals surface area (Å²) < 4.78 is 47.8. The molecule has 0 saturated carbocycles. The lowest BCUT2D eigenvalue weighted by atomic mass is 10.0. The molecular weight excluding hydrogens is 333 g/mol. The van der Waals surface area contributed by atoms with E-state index in [1.807, 2.05) is 6.07 Å². The fourth-order valence-corrected chi connectivity index (χ4v) is 4.13. The summed E-state index contributed by atoms with van der Waals surface area (Å²) in [5, 5.41) is 0. The summed E-state index contributed by atoms with van der Waals surface area (Å²) in [7, 11) is -3.54. The van der Waals surface area contributed by atoms with Crippen LogP contribution >= 0.6 is 0 Å². The molecule has 24 heavy (non-hydrogen) atoms. The molecule has 1 heterocycles. The average molecular weight is 359 g/mol. The van der Waals surface area contributed by atoms with Gasteiger partial charge in [0.2, 0.25) is 0 Å². The monoisotopic (exact) mass is 359 g/mol. The molecule has 2 rings (SSSR count). The van der Waals surface area contributed by atoms with Crippen molar-refractivity contribution in [2.75, 3.05) is 45.9 Å². The second kappa shape index (κ2) is 8.87. The molecule has 0 radical (unpaired) electrons. The lowest BCUT2D eigenvalue weighted by Crippen LogP contribution is -2.47. The van der Waals surface area contributed by atoms with Crippen LogP contribution < -0.4 is 4.72 Å². The Morgan fingerprint density at radius 3 is 2.54 bits per heavy atom. The van der Waals surface area contributed by atoms with Crippen molar-refractivity contribution in [2.45, 2.75) is 19.9 Å². The molecule has 8 heteroatoms. The van der Waals surface area contributed by atoms with Gasteiger partial charge in [-0.05, 0) is 17.7 Å². The fourth-order valence-electron chi connectivity index (χ4n) is 2.90. The van der Waals surface area contributed by atoms with E-state index in [0.29, 0.717) is 39.4 Å². The molecule has 136 valence electrons. The summed E-state index contributed by atoms with van der Waals surface area (Å²) in [5.74, 6) is -0.322. The summed E-state index contributed by atoms with van der Waals surface area (Å²) in [6.45, 7) is 7.18. The molecule has 0 spiro atoms. The largest absolute Gasteiger partial charge is 0.379 e. The summed E-state index contributed by atoms with van der Waals surface area (Å²) in [6, 6.07) is 6.10. The zero-order valence-corrected chi connectivity index (χ0v) is 15.1. The highest BCUT2D eigenvalue weighted by atomic mass is 32.2. The van der Waals surface area contributed by atoms with Crippen LogP contribution in [-0.2, 0) is 14.9 Å². The van der Waals surface area contributed by atoms with Crippen LogP contribution in [0, 0.1) is 5.82 Å². The number of morpholine rings is 1. The number of nitrogens with zero attached hydrogens (tertiary/aromatic N) is 2. The smallest absolute Gasteiger partial charge is 0.279 e. The molecule has 1 unspecified atom stereocenters. The number of hydrogen-bond acceptors (Lipinski definition) is 4. The molecule has 1 saturated heterocycles. The van der Waals surface area contributed by atoms with Crippen LogP contribution in [0.15, 0.2) is 24.3 Å². The van der Waals surface area contributed by atoms with Gasteiger partial charge >= 0.3 is 0 Å². The zero-order chi connectivity index (χ0) is 17.6. The van der Waals surface area contributed by atoms with Crippen molar-refractivity contribution < 1.29 is 17.5 Å². The van der Waals surface area contributed by atoms with E-state index in [-0.39, 0.29) is 18.4 Å². The van der Waals surface area contributed by atoms with E-state index in [1.165, 1.54) is 16.4 Å².